The Morgan fingerprint density at radius 3 is 0.429 bits per heavy atom. The molecule has 0 bridgehead atoms. The van der Waals surface area contributed by atoms with Gasteiger partial charge in [-0.25, -0.2) is 0 Å². The summed E-state index contributed by atoms with van der Waals surface area (Å²) in [5, 5.41) is 0. The maximum atomic E-state index is 0. The summed E-state index contributed by atoms with van der Waals surface area (Å²) in [4.78, 5) is 0. The molecule has 0 nitrogen and oxygen atoms in total. The molecule has 53 valence electrons. The van der Waals surface area contributed by atoms with E-state index in [1.54, 1.807) is 0 Å². The molecular weight excluding hydrogens is 259 g/mol. The van der Waals surface area contributed by atoms with Crippen LogP contribution in [-0.2, 0) is 17.1 Å². The summed E-state index contributed by atoms with van der Waals surface area (Å²) in [5.74, 6) is 0. The zero-order valence-electron chi connectivity index (χ0n) is 2.42. The van der Waals surface area contributed by atoms with Crippen molar-refractivity contribution >= 4 is 79.4 Å². The Morgan fingerprint density at radius 2 is 0.429 bits per heavy atom. The van der Waals surface area contributed by atoms with Crippen LogP contribution < -0.4 is 0 Å². The molecule has 0 spiro atoms. The van der Waals surface area contributed by atoms with Crippen LogP contribution in [0.2, 0.25) is 0 Å². The molecule has 0 aromatic carbocycles. The predicted octanol–water partition coefficient (Wildman–Crippen LogP) is 0.923. The molecule has 0 aliphatic heterocycles. The van der Waals surface area contributed by atoms with Crippen LogP contribution in [0, 0.1) is 0 Å². The quantitative estimate of drug-likeness (QED) is 0.573. The van der Waals surface area contributed by atoms with E-state index in [-0.39, 0.29) is 96.5 Å². The molecule has 0 saturated heterocycles. The Morgan fingerprint density at radius 1 is 0.429 bits per heavy atom. The van der Waals surface area contributed by atoms with Gasteiger partial charge in [0.15, 0.2) is 17.4 Å². The van der Waals surface area contributed by atoms with Crippen LogP contribution in [0.25, 0.3) is 0 Å². The summed E-state index contributed by atoms with van der Waals surface area (Å²) in [5.41, 5.74) is 0. The Bertz CT molecular complexity index is 8.04. The maximum Gasteiger partial charge on any atom is 0.187 e. The van der Waals surface area contributed by atoms with Crippen LogP contribution >= 0.6 is 62.0 Å². The molecule has 0 rings (SSSR count). The SMILES string of the molecule is Cl.Cl.Cl.Cl.Cl.[AlH3].[Mn]. The molecule has 7 heteroatoms. The van der Waals surface area contributed by atoms with Gasteiger partial charge in [0.2, 0.25) is 0 Å². The van der Waals surface area contributed by atoms with Crippen molar-refractivity contribution in [1.82, 2.24) is 0 Å². The van der Waals surface area contributed by atoms with Crippen molar-refractivity contribution in [2.75, 3.05) is 0 Å². The van der Waals surface area contributed by atoms with E-state index in [9.17, 15) is 0 Å². The second-order valence-electron chi connectivity index (χ2n) is 0. The molecule has 0 aliphatic carbocycles. The summed E-state index contributed by atoms with van der Waals surface area (Å²) in [6, 6.07) is 0. The number of halogens is 5. The van der Waals surface area contributed by atoms with E-state index in [1.165, 1.54) is 0 Å². The largest absolute Gasteiger partial charge is 0.187 e. The first-order valence-electron chi connectivity index (χ1n) is 0. The molecule has 0 heterocycles. The summed E-state index contributed by atoms with van der Waals surface area (Å²) in [6.45, 7) is 0. The first kappa shape index (κ1) is 110. The maximum absolute atomic E-state index is 0. The first-order chi connectivity index (χ1) is 0. The molecule has 0 aromatic heterocycles. The molecule has 0 fully saturated rings. The van der Waals surface area contributed by atoms with Gasteiger partial charge in [-0.2, -0.15) is 0 Å². The minimum absolute atomic E-state index is 0. The van der Waals surface area contributed by atoms with Gasteiger partial charge in [0.25, 0.3) is 0 Å². The van der Waals surface area contributed by atoms with Gasteiger partial charge in [-0.15, -0.1) is 62.0 Å². The summed E-state index contributed by atoms with van der Waals surface area (Å²) in [6.07, 6.45) is 0. The predicted molar refractivity (Wildman–Crippen MR) is 46.2 cm³/mol. The van der Waals surface area contributed by atoms with E-state index < -0.39 is 0 Å². The summed E-state index contributed by atoms with van der Waals surface area (Å²) in [7, 11) is 0. The van der Waals surface area contributed by atoms with Crippen molar-refractivity contribution in [3.63, 3.8) is 0 Å². The Labute approximate surface area is 95.6 Å². The van der Waals surface area contributed by atoms with Crippen LogP contribution in [-0.4, -0.2) is 17.4 Å². The monoisotopic (exact) mass is 265 g/mol. The van der Waals surface area contributed by atoms with Crippen molar-refractivity contribution < 1.29 is 17.1 Å². The number of rotatable bonds is 0. The van der Waals surface area contributed by atoms with Gasteiger partial charge in [-0.1, -0.05) is 0 Å². The van der Waals surface area contributed by atoms with Crippen LogP contribution in [0.4, 0.5) is 0 Å². The third-order valence-corrected chi connectivity index (χ3v) is 0. The van der Waals surface area contributed by atoms with Crippen molar-refractivity contribution in [2.24, 2.45) is 0 Å². The zero-order valence-corrected chi connectivity index (χ0v) is 7.68. The average molecular weight is 267 g/mol. The number of hydrogen-bond acceptors (Lipinski definition) is 0. The molecule has 0 aromatic rings. The zero-order chi connectivity index (χ0) is 0. The van der Waals surface area contributed by atoms with E-state index in [1.807, 2.05) is 0 Å². The van der Waals surface area contributed by atoms with Gasteiger partial charge in [0, 0.05) is 17.1 Å². The first-order valence-corrected chi connectivity index (χ1v) is 0. The summed E-state index contributed by atoms with van der Waals surface area (Å²) >= 11 is 0. The molecule has 0 saturated carbocycles. The second-order valence-corrected chi connectivity index (χ2v) is 0. The normalized spacial score (nSPS) is 0. The molecular formula is H8AlCl5Mn. The molecule has 0 unspecified atom stereocenters. The van der Waals surface area contributed by atoms with Crippen molar-refractivity contribution in [1.29, 1.82) is 0 Å². The van der Waals surface area contributed by atoms with Gasteiger partial charge in [0.1, 0.15) is 0 Å². The molecule has 0 N–H and O–H groups in total. The van der Waals surface area contributed by atoms with Crippen LogP contribution in [0.5, 0.6) is 0 Å². The fourth-order valence-electron chi connectivity index (χ4n) is 0. The van der Waals surface area contributed by atoms with E-state index in [4.69, 9.17) is 0 Å². The molecule has 7 heavy (non-hydrogen) atoms. The van der Waals surface area contributed by atoms with E-state index in [2.05, 4.69) is 0 Å². The van der Waals surface area contributed by atoms with Crippen LogP contribution in [0.15, 0.2) is 0 Å². The molecule has 0 aliphatic rings. The van der Waals surface area contributed by atoms with E-state index >= 15 is 0 Å². The number of hydrogen-bond donors (Lipinski definition) is 0. The van der Waals surface area contributed by atoms with Gasteiger partial charge in [-0.05, 0) is 0 Å². The minimum Gasteiger partial charge on any atom is -0.147 e. The third kappa shape index (κ3) is 57.4. The van der Waals surface area contributed by atoms with Crippen LogP contribution in [0.3, 0.4) is 0 Å². The molecule has 0 atom stereocenters. The smallest absolute Gasteiger partial charge is 0.147 e. The van der Waals surface area contributed by atoms with Crippen molar-refractivity contribution in [2.45, 2.75) is 0 Å². The van der Waals surface area contributed by atoms with E-state index in [0.717, 1.165) is 0 Å². The standard InChI is InChI=1S/Al.5ClH.Mn.3H/h;5*1H;;;;. The van der Waals surface area contributed by atoms with Crippen molar-refractivity contribution in [3.05, 3.63) is 0 Å². The Balaban J connectivity index is 0. The summed E-state index contributed by atoms with van der Waals surface area (Å²) < 4.78 is 0. The molecule has 0 amide bonds. The Hall–Kier alpha value is 2.50. The average Bonchev–Trinajstić information content (AvgIpc) is 0. The topological polar surface area (TPSA) is 0 Å². The Kier molecular flexibility index (Phi) is 1200. The third-order valence-electron chi connectivity index (χ3n) is 0. The van der Waals surface area contributed by atoms with Gasteiger partial charge in [-0.3, -0.25) is 0 Å². The van der Waals surface area contributed by atoms with Gasteiger partial charge < -0.3 is 0 Å². The fraction of sp³-hybridized carbons (Fsp3) is 0. The van der Waals surface area contributed by atoms with Crippen molar-refractivity contribution in [3.8, 4) is 0 Å². The van der Waals surface area contributed by atoms with Crippen LogP contribution in [0.1, 0.15) is 0 Å². The second kappa shape index (κ2) is 76.4. The van der Waals surface area contributed by atoms with E-state index in [0.29, 0.717) is 0 Å². The van der Waals surface area contributed by atoms with Gasteiger partial charge in [0.05, 0.1) is 0 Å². The van der Waals surface area contributed by atoms with Gasteiger partial charge >= 0.3 is 0 Å². The molecule has 1 radical (unpaired) electrons. The minimum atomic E-state index is 0. The fourth-order valence-corrected chi connectivity index (χ4v) is 0.